The normalized spacial score (nSPS) is 19.6. The molecular formula is C32H36F2N7O4+. The molecule has 0 bridgehead atoms. The number of imidazole rings is 1. The molecular weight excluding hydrogens is 584 g/mol. The predicted octanol–water partition coefficient (Wildman–Crippen LogP) is 3.23. The van der Waals surface area contributed by atoms with E-state index in [9.17, 15) is 23.5 Å². The number of hydrogen-bond donors (Lipinski definition) is 2. The average molecular weight is 621 g/mol. The van der Waals surface area contributed by atoms with Crippen molar-refractivity contribution in [2.24, 2.45) is 0 Å². The van der Waals surface area contributed by atoms with Gasteiger partial charge in [-0.1, -0.05) is 0 Å². The van der Waals surface area contributed by atoms with E-state index in [1.165, 1.54) is 31.6 Å². The zero-order chi connectivity index (χ0) is 32.0. The first-order chi connectivity index (χ1) is 21.5. The molecule has 2 amide bonds. The van der Waals surface area contributed by atoms with Crippen LogP contribution in [-0.4, -0.2) is 112 Å². The van der Waals surface area contributed by atoms with Crippen LogP contribution in [0.25, 0.3) is 16.9 Å². The van der Waals surface area contributed by atoms with Gasteiger partial charge in [0.1, 0.15) is 12.6 Å². The lowest BCUT2D eigenvalue weighted by molar-refractivity contribution is -0.894. The number of nitrogens with zero attached hydrogens (tertiary/aromatic N) is 6. The van der Waals surface area contributed by atoms with E-state index in [0.717, 1.165) is 5.56 Å². The van der Waals surface area contributed by atoms with Crippen LogP contribution >= 0.6 is 0 Å². The SMILES string of the molecule is COc1ccc(-c2cnc3c(Nc4ccc(C(=O)N5CCN(C(=O)[C@@H]6C[C@@H](O)C[N+]6(C)C)CC5)c(C)c4)nccn23)c(F)c1F. The van der Waals surface area contributed by atoms with Crippen molar-refractivity contribution in [2.75, 3.05) is 59.2 Å². The number of aromatic nitrogens is 3. The average Bonchev–Trinajstić information content (AvgIpc) is 3.57. The van der Waals surface area contributed by atoms with Gasteiger partial charge >= 0.3 is 0 Å². The number of piperazine rings is 1. The van der Waals surface area contributed by atoms with Crippen molar-refractivity contribution in [3.63, 3.8) is 0 Å². The lowest BCUT2D eigenvalue weighted by Crippen LogP contribution is -2.58. The molecule has 2 saturated heterocycles. The predicted molar refractivity (Wildman–Crippen MR) is 163 cm³/mol. The Balaban J connectivity index is 1.14. The van der Waals surface area contributed by atoms with Crippen LogP contribution in [0.15, 0.2) is 48.9 Å². The molecule has 2 aromatic heterocycles. The molecule has 0 aliphatic carbocycles. The Kier molecular flexibility index (Phi) is 7.91. The molecule has 11 nitrogen and oxygen atoms in total. The lowest BCUT2D eigenvalue weighted by Gasteiger charge is -2.38. The third-order valence-corrected chi connectivity index (χ3v) is 8.87. The van der Waals surface area contributed by atoms with Crippen LogP contribution in [0.5, 0.6) is 5.75 Å². The van der Waals surface area contributed by atoms with Gasteiger partial charge in [-0.2, -0.15) is 4.39 Å². The molecule has 2 atom stereocenters. The number of amides is 2. The highest BCUT2D eigenvalue weighted by atomic mass is 19.2. The number of aliphatic hydroxyl groups excluding tert-OH is 1. The minimum absolute atomic E-state index is 0.0298. The number of carbonyl (C=O) groups is 2. The van der Waals surface area contributed by atoms with Crippen molar-refractivity contribution >= 4 is 29.0 Å². The van der Waals surface area contributed by atoms with E-state index in [0.29, 0.717) is 72.0 Å². The fourth-order valence-corrected chi connectivity index (χ4v) is 6.41. The maximum atomic E-state index is 14.8. The number of likely N-dealkylation sites (N-methyl/N-ethyl adjacent to an activating group) is 1. The summed E-state index contributed by atoms with van der Waals surface area (Å²) in [6, 6.07) is 7.90. The summed E-state index contributed by atoms with van der Waals surface area (Å²) in [5.74, 6) is -1.98. The first kappa shape index (κ1) is 30.4. The molecule has 0 saturated carbocycles. The summed E-state index contributed by atoms with van der Waals surface area (Å²) in [5, 5.41) is 13.3. The Morgan fingerprint density at radius 3 is 2.44 bits per heavy atom. The first-order valence-corrected chi connectivity index (χ1v) is 14.8. The Bertz CT molecular complexity index is 1780. The van der Waals surface area contributed by atoms with Gasteiger partial charge in [0.2, 0.25) is 5.82 Å². The fraction of sp³-hybridized carbons (Fsp3) is 0.375. The number of anilines is 2. The third kappa shape index (κ3) is 5.57. The molecule has 0 radical (unpaired) electrons. The minimum Gasteiger partial charge on any atom is -0.494 e. The second kappa shape index (κ2) is 11.7. The number of carbonyl (C=O) groups excluding carboxylic acids is 2. The van der Waals surface area contributed by atoms with Crippen molar-refractivity contribution in [1.82, 2.24) is 24.2 Å². The summed E-state index contributed by atoms with van der Waals surface area (Å²) >= 11 is 0. The number of quaternary nitrogens is 1. The molecule has 2 N–H and O–H groups in total. The Labute approximate surface area is 259 Å². The number of aryl methyl sites for hydroxylation is 1. The third-order valence-electron chi connectivity index (χ3n) is 8.87. The van der Waals surface area contributed by atoms with Crippen LogP contribution in [0.3, 0.4) is 0 Å². The molecule has 45 heavy (non-hydrogen) atoms. The summed E-state index contributed by atoms with van der Waals surface area (Å²) in [6.07, 6.45) is 4.57. The van der Waals surface area contributed by atoms with Crippen molar-refractivity contribution in [3.05, 3.63) is 71.7 Å². The zero-order valence-electron chi connectivity index (χ0n) is 25.6. The highest BCUT2D eigenvalue weighted by Gasteiger charge is 2.46. The second-order valence-electron chi connectivity index (χ2n) is 12.2. The van der Waals surface area contributed by atoms with Gasteiger partial charge in [-0.3, -0.25) is 14.0 Å². The lowest BCUT2D eigenvalue weighted by atomic mass is 10.1. The number of aliphatic hydroxyl groups is 1. The van der Waals surface area contributed by atoms with Gasteiger partial charge in [0.15, 0.2) is 29.1 Å². The summed E-state index contributed by atoms with van der Waals surface area (Å²) in [5.41, 5.74) is 2.77. The molecule has 0 spiro atoms. The molecule has 4 aromatic rings. The van der Waals surface area contributed by atoms with Gasteiger partial charge in [0, 0.05) is 61.8 Å². The molecule has 13 heteroatoms. The number of rotatable bonds is 6. The number of likely N-dealkylation sites (tertiary alicyclic amines) is 1. The minimum atomic E-state index is -1.08. The maximum Gasteiger partial charge on any atom is 0.281 e. The van der Waals surface area contributed by atoms with Crippen LogP contribution in [0.1, 0.15) is 22.3 Å². The van der Waals surface area contributed by atoms with Gasteiger partial charge in [-0.25, -0.2) is 14.4 Å². The highest BCUT2D eigenvalue weighted by Crippen LogP contribution is 2.32. The van der Waals surface area contributed by atoms with Gasteiger partial charge < -0.3 is 29.4 Å². The van der Waals surface area contributed by atoms with Crippen LogP contribution in [-0.2, 0) is 4.79 Å². The van der Waals surface area contributed by atoms with Crippen LogP contribution in [0.4, 0.5) is 20.3 Å². The van der Waals surface area contributed by atoms with E-state index in [2.05, 4.69) is 15.3 Å². The van der Waals surface area contributed by atoms with Crippen molar-refractivity contribution in [3.8, 4) is 17.0 Å². The Hall–Kier alpha value is -4.62. The summed E-state index contributed by atoms with van der Waals surface area (Å²) < 4.78 is 36.2. The van der Waals surface area contributed by atoms with E-state index in [4.69, 9.17) is 4.74 Å². The second-order valence-corrected chi connectivity index (χ2v) is 12.2. The van der Waals surface area contributed by atoms with Gasteiger partial charge in [-0.05, 0) is 42.8 Å². The zero-order valence-corrected chi connectivity index (χ0v) is 25.6. The molecule has 2 aromatic carbocycles. The smallest absolute Gasteiger partial charge is 0.281 e. The van der Waals surface area contributed by atoms with Crippen molar-refractivity contribution < 1.29 is 32.7 Å². The van der Waals surface area contributed by atoms with E-state index in [1.54, 1.807) is 32.5 Å². The standard InChI is InChI=1S/C32H35F2N7O4/c1-19-15-20(37-29-30-36-17-24(40(30)10-9-35-29)23-7-8-26(45-4)28(34)27(23)33)5-6-22(19)31(43)38-11-13-39(14-12-38)32(44)25-16-21(42)18-41(25,2)3/h5-10,15,17,21,25,42H,11-14,16,18H2,1-4H3/p+1/t21-,25+/m1/s1. The molecule has 2 fully saturated rings. The van der Waals surface area contributed by atoms with Crippen LogP contribution in [0, 0.1) is 18.6 Å². The highest BCUT2D eigenvalue weighted by molar-refractivity contribution is 5.96. The van der Waals surface area contributed by atoms with E-state index >= 15 is 0 Å². The van der Waals surface area contributed by atoms with Crippen molar-refractivity contribution in [2.45, 2.75) is 25.5 Å². The summed E-state index contributed by atoms with van der Waals surface area (Å²) in [7, 11) is 5.21. The number of ether oxygens (including phenoxy) is 1. The number of benzene rings is 2. The van der Waals surface area contributed by atoms with Gasteiger partial charge in [-0.15, -0.1) is 0 Å². The first-order valence-electron chi connectivity index (χ1n) is 14.8. The number of nitrogens with one attached hydrogen (secondary N) is 1. The van der Waals surface area contributed by atoms with E-state index < -0.39 is 17.7 Å². The molecule has 6 rings (SSSR count). The Morgan fingerprint density at radius 1 is 1.04 bits per heavy atom. The fourth-order valence-electron chi connectivity index (χ4n) is 6.41. The Morgan fingerprint density at radius 2 is 1.78 bits per heavy atom. The number of halogens is 2. The van der Waals surface area contributed by atoms with Crippen molar-refractivity contribution in [1.29, 1.82) is 0 Å². The van der Waals surface area contributed by atoms with E-state index in [-0.39, 0.29) is 29.2 Å². The van der Waals surface area contributed by atoms with E-state index in [1.807, 2.05) is 27.1 Å². The maximum absolute atomic E-state index is 14.8. The number of methoxy groups -OCH3 is 1. The van der Waals surface area contributed by atoms with Gasteiger partial charge in [0.25, 0.3) is 11.8 Å². The quantitative estimate of drug-likeness (QED) is 0.319. The molecule has 2 aliphatic heterocycles. The molecule has 236 valence electrons. The number of fused-ring (bicyclic) bond motifs is 1. The van der Waals surface area contributed by atoms with Crippen LogP contribution in [0.2, 0.25) is 0 Å². The monoisotopic (exact) mass is 620 g/mol. The number of hydrogen-bond acceptors (Lipinski definition) is 7. The molecule has 0 unspecified atom stereocenters. The largest absolute Gasteiger partial charge is 0.494 e. The molecule has 2 aliphatic rings. The van der Waals surface area contributed by atoms with Crippen LogP contribution < -0.4 is 10.1 Å². The summed E-state index contributed by atoms with van der Waals surface area (Å²) in [6.45, 7) is 4.17. The molecule has 4 heterocycles. The topological polar surface area (TPSA) is 112 Å². The van der Waals surface area contributed by atoms with Gasteiger partial charge in [0.05, 0.1) is 33.1 Å². The summed E-state index contributed by atoms with van der Waals surface area (Å²) in [4.78, 5) is 39.0.